The summed E-state index contributed by atoms with van der Waals surface area (Å²) in [5.41, 5.74) is 2.08. The summed E-state index contributed by atoms with van der Waals surface area (Å²) in [5.74, 6) is -0.610. The molecule has 0 aliphatic carbocycles. The fourth-order valence-corrected chi connectivity index (χ4v) is 1.87. The molecule has 0 unspecified atom stereocenters. The van der Waals surface area contributed by atoms with Gasteiger partial charge in [-0.3, -0.25) is 9.78 Å². The van der Waals surface area contributed by atoms with Crippen molar-refractivity contribution in [2.45, 2.75) is 26.8 Å². The van der Waals surface area contributed by atoms with Crippen LogP contribution in [0.1, 0.15) is 33.1 Å². The number of nitrogens with one attached hydrogen (secondary N) is 1. The van der Waals surface area contributed by atoms with E-state index >= 15 is 0 Å². The van der Waals surface area contributed by atoms with E-state index in [9.17, 15) is 9.59 Å². The van der Waals surface area contributed by atoms with Crippen LogP contribution in [0.25, 0.3) is 0 Å². The topological polar surface area (TPSA) is 105 Å². The van der Waals surface area contributed by atoms with Gasteiger partial charge >= 0.3 is 5.97 Å². The second-order valence-corrected chi connectivity index (χ2v) is 4.60. The quantitative estimate of drug-likeness (QED) is 0.858. The fourth-order valence-electron chi connectivity index (χ4n) is 1.87. The zero-order valence-electron chi connectivity index (χ0n) is 11.7. The number of carboxylic acid groups (broad SMARTS) is 1. The van der Waals surface area contributed by atoms with Gasteiger partial charge < -0.3 is 14.9 Å². The van der Waals surface area contributed by atoms with Gasteiger partial charge in [0.25, 0.3) is 0 Å². The van der Waals surface area contributed by atoms with E-state index in [0.717, 1.165) is 5.56 Å². The molecule has 1 amide bonds. The zero-order chi connectivity index (χ0) is 15.4. The molecule has 2 aromatic heterocycles. The molecule has 2 aromatic rings. The van der Waals surface area contributed by atoms with Crippen molar-refractivity contribution in [1.29, 1.82) is 0 Å². The normalized spacial score (nSPS) is 10.4. The van der Waals surface area contributed by atoms with Crippen molar-refractivity contribution in [2.24, 2.45) is 0 Å². The Hall–Kier alpha value is -2.70. The molecular formula is C14H15N3O4. The predicted octanol–water partition coefficient (Wildman–Crippen LogP) is 1.24. The maximum atomic E-state index is 11.9. The number of aromatic nitrogens is 2. The first-order chi connectivity index (χ1) is 9.97. The van der Waals surface area contributed by atoms with Crippen molar-refractivity contribution in [3.63, 3.8) is 0 Å². The fraction of sp³-hybridized carbons (Fsp3) is 0.286. The summed E-state index contributed by atoms with van der Waals surface area (Å²) in [6, 6.07) is 2.83. The van der Waals surface area contributed by atoms with Gasteiger partial charge in [-0.1, -0.05) is 5.16 Å². The van der Waals surface area contributed by atoms with Crippen molar-refractivity contribution in [3.05, 3.63) is 46.6 Å². The van der Waals surface area contributed by atoms with Crippen LogP contribution in [0.4, 0.5) is 0 Å². The number of carbonyl (C=O) groups excluding carboxylic acids is 1. The highest BCUT2D eigenvalue weighted by Crippen LogP contribution is 2.12. The van der Waals surface area contributed by atoms with E-state index in [1.165, 1.54) is 18.3 Å². The lowest BCUT2D eigenvalue weighted by molar-refractivity contribution is -0.120. The van der Waals surface area contributed by atoms with Crippen molar-refractivity contribution in [2.75, 3.05) is 0 Å². The third kappa shape index (κ3) is 3.65. The maximum Gasteiger partial charge on any atom is 0.335 e. The van der Waals surface area contributed by atoms with E-state index in [-0.39, 0.29) is 24.4 Å². The molecule has 0 radical (unpaired) electrons. The summed E-state index contributed by atoms with van der Waals surface area (Å²) >= 11 is 0. The smallest absolute Gasteiger partial charge is 0.335 e. The SMILES string of the molecule is Cc1noc(C)c1CC(=O)NCc1cc(C(=O)O)ccn1. The number of amides is 1. The number of carbonyl (C=O) groups is 2. The van der Waals surface area contributed by atoms with E-state index in [0.29, 0.717) is 17.1 Å². The van der Waals surface area contributed by atoms with Gasteiger partial charge in [0.2, 0.25) is 5.91 Å². The summed E-state index contributed by atoms with van der Waals surface area (Å²) in [6.07, 6.45) is 1.57. The van der Waals surface area contributed by atoms with E-state index in [4.69, 9.17) is 9.63 Å². The Morgan fingerprint density at radius 2 is 2.14 bits per heavy atom. The van der Waals surface area contributed by atoms with Gasteiger partial charge in [0.1, 0.15) is 5.76 Å². The van der Waals surface area contributed by atoms with Crippen molar-refractivity contribution >= 4 is 11.9 Å². The molecular weight excluding hydrogens is 274 g/mol. The molecule has 7 nitrogen and oxygen atoms in total. The molecule has 0 aliphatic heterocycles. The van der Waals surface area contributed by atoms with Crippen LogP contribution in [0.3, 0.4) is 0 Å². The summed E-state index contributed by atoms with van der Waals surface area (Å²) < 4.78 is 4.99. The van der Waals surface area contributed by atoms with E-state index in [1.807, 2.05) is 0 Å². The Morgan fingerprint density at radius 3 is 2.76 bits per heavy atom. The Labute approximate surface area is 121 Å². The first kappa shape index (κ1) is 14.7. The molecule has 21 heavy (non-hydrogen) atoms. The van der Waals surface area contributed by atoms with Crippen molar-refractivity contribution < 1.29 is 19.2 Å². The second-order valence-electron chi connectivity index (χ2n) is 4.60. The van der Waals surface area contributed by atoms with Crippen molar-refractivity contribution in [3.8, 4) is 0 Å². The molecule has 0 bridgehead atoms. The predicted molar refractivity (Wildman–Crippen MR) is 72.7 cm³/mol. The molecule has 0 aromatic carbocycles. The van der Waals surface area contributed by atoms with Gasteiger partial charge in [-0.05, 0) is 26.0 Å². The number of aryl methyl sites for hydroxylation is 2. The lowest BCUT2D eigenvalue weighted by Gasteiger charge is -2.05. The van der Waals surface area contributed by atoms with Crippen LogP contribution < -0.4 is 5.32 Å². The van der Waals surface area contributed by atoms with Gasteiger partial charge in [-0.15, -0.1) is 0 Å². The monoisotopic (exact) mass is 289 g/mol. The number of rotatable bonds is 5. The Morgan fingerprint density at radius 1 is 1.38 bits per heavy atom. The van der Waals surface area contributed by atoms with Crippen LogP contribution in [0.5, 0.6) is 0 Å². The summed E-state index contributed by atoms with van der Waals surface area (Å²) in [5, 5.41) is 15.4. The number of nitrogens with zero attached hydrogens (tertiary/aromatic N) is 2. The zero-order valence-corrected chi connectivity index (χ0v) is 11.7. The molecule has 0 atom stereocenters. The van der Waals surface area contributed by atoms with Crippen molar-refractivity contribution in [1.82, 2.24) is 15.5 Å². The van der Waals surface area contributed by atoms with Gasteiger partial charge in [0.15, 0.2) is 0 Å². The highest BCUT2D eigenvalue weighted by molar-refractivity contribution is 5.87. The first-order valence-corrected chi connectivity index (χ1v) is 6.34. The van der Waals surface area contributed by atoms with Gasteiger partial charge in [0.05, 0.1) is 29.9 Å². The molecule has 2 heterocycles. The number of aromatic carboxylic acids is 1. The lowest BCUT2D eigenvalue weighted by atomic mass is 10.1. The maximum absolute atomic E-state index is 11.9. The first-order valence-electron chi connectivity index (χ1n) is 6.34. The van der Waals surface area contributed by atoms with Gasteiger partial charge in [-0.25, -0.2) is 4.79 Å². The van der Waals surface area contributed by atoms with Crippen LogP contribution in [-0.2, 0) is 17.8 Å². The summed E-state index contributed by atoms with van der Waals surface area (Å²) in [7, 11) is 0. The highest BCUT2D eigenvalue weighted by atomic mass is 16.5. The minimum absolute atomic E-state index is 0.139. The molecule has 0 saturated heterocycles. The largest absolute Gasteiger partial charge is 0.478 e. The standard InChI is InChI=1S/C14H15N3O4/c1-8-12(9(2)21-17-8)6-13(18)16-7-11-5-10(14(19)20)3-4-15-11/h3-5H,6-7H2,1-2H3,(H,16,18)(H,19,20). The summed E-state index contributed by atoms with van der Waals surface area (Å²) in [4.78, 5) is 26.7. The number of hydrogen-bond donors (Lipinski definition) is 2. The minimum Gasteiger partial charge on any atom is -0.478 e. The Bertz CT molecular complexity index is 659. The molecule has 0 fully saturated rings. The Kier molecular flexibility index (Phi) is 4.32. The van der Waals surface area contributed by atoms with Crippen LogP contribution in [0.15, 0.2) is 22.9 Å². The second kappa shape index (κ2) is 6.17. The van der Waals surface area contributed by atoms with E-state index in [2.05, 4.69) is 15.5 Å². The number of hydrogen-bond acceptors (Lipinski definition) is 5. The average Bonchev–Trinajstić information content (AvgIpc) is 2.77. The minimum atomic E-state index is -1.03. The molecule has 2 rings (SSSR count). The third-order valence-electron chi connectivity index (χ3n) is 3.05. The van der Waals surface area contributed by atoms with E-state index in [1.54, 1.807) is 13.8 Å². The molecule has 0 aliphatic rings. The number of carboxylic acids is 1. The van der Waals surface area contributed by atoms with E-state index < -0.39 is 5.97 Å². The van der Waals surface area contributed by atoms with Crippen LogP contribution in [0, 0.1) is 13.8 Å². The molecule has 0 spiro atoms. The Balaban J connectivity index is 1.95. The molecule has 2 N–H and O–H groups in total. The lowest BCUT2D eigenvalue weighted by Crippen LogP contribution is -2.25. The van der Waals surface area contributed by atoms with Crippen LogP contribution in [0.2, 0.25) is 0 Å². The average molecular weight is 289 g/mol. The van der Waals surface area contributed by atoms with Gasteiger partial charge in [-0.2, -0.15) is 0 Å². The number of pyridine rings is 1. The molecule has 0 saturated carbocycles. The van der Waals surface area contributed by atoms with Crippen LogP contribution >= 0.6 is 0 Å². The highest BCUT2D eigenvalue weighted by Gasteiger charge is 2.13. The third-order valence-corrected chi connectivity index (χ3v) is 3.05. The molecule has 110 valence electrons. The van der Waals surface area contributed by atoms with Gasteiger partial charge in [0, 0.05) is 11.8 Å². The molecule has 7 heteroatoms. The van der Waals surface area contributed by atoms with Crippen LogP contribution in [-0.4, -0.2) is 27.1 Å². The summed E-state index contributed by atoms with van der Waals surface area (Å²) in [6.45, 7) is 3.70.